The van der Waals surface area contributed by atoms with Gasteiger partial charge in [0.1, 0.15) is 0 Å². The average molecular weight is 340 g/mol. The number of ether oxygens (including phenoxy) is 1. The molecule has 126 valence electrons. The van der Waals surface area contributed by atoms with Crippen LogP contribution in [0.15, 0.2) is 24.3 Å². The SMILES string of the molecule is Cl.O=C(CC1COCCN1)Nc1cccc(N2CCCC2=O)c1. The Morgan fingerprint density at radius 3 is 3.00 bits per heavy atom. The van der Waals surface area contributed by atoms with Crippen LogP contribution in [-0.2, 0) is 14.3 Å². The number of amides is 2. The molecule has 0 saturated carbocycles. The predicted molar refractivity (Wildman–Crippen MR) is 91.1 cm³/mol. The third-order valence-electron chi connectivity index (χ3n) is 3.95. The quantitative estimate of drug-likeness (QED) is 0.873. The first kappa shape index (κ1) is 17.7. The van der Waals surface area contributed by atoms with E-state index in [1.807, 2.05) is 24.3 Å². The zero-order chi connectivity index (χ0) is 15.4. The third kappa shape index (κ3) is 4.67. The molecule has 0 aromatic heterocycles. The van der Waals surface area contributed by atoms with E-state index in [1.165, 1.54) is 0 Å². The summed E-state index contributed by atoms with van der Waals surface area (Å²) in [6.45, 7) is 2.80. The van der Waals surface area contributed by atoms with Crippen LogP contribution < -0.4 is 15.5 Å². The highest BCUT2D eigenvalue weighted by Crippen LogP contribution is 2.24. The van der Waals surface area contributed by atoms with Gasteiger partial charge < -0.3 is 20.3 Å². The Morgan fingerprint density at radius 1 is 1.43 bits per heavy atom. The molecule has 7 heteroatoms. The molecule has 6 nitrogen and oxygen atoms in total. The summed E-state index contributed by atoms with van der Waals surface area (Å²) in [5, 5.41) is 6.15. The molecule has 1 unspecified atom stereocenters. The fraction of sp³-hybridized carbons (Fsp3) is 0.500. The van der Waals surface area contributed by atoms with Crippen LogP contribution >= 0.6 is 12.4 Å². The Balaban J connectivity index is 0.00000192. The van der Waals surface area contributed by atoms with Crippen molar-refractivity contribution in [1.29, 1.82) is 0 Å². The molecule has 1 aromatic rings. The normalized spacial score (nSPS) is 21.0. The highest BCUT2D eigenvalue weighted by atomic mass is 35.5. The maximum Gasteiger partial charge on any atom is 0.227 e. The number of nitrogens with zero attached hydrogens (tertiary/aromatic N) is 1. The minimum Gasteiger partial charge on any atom is -0.378 e. The monoisotopic (exact) mass is 339 g/mol. The Morgan fingerprint density at radius 2 is 2.30 bits per heavy atom. The molecular weight excluding hydrogens is 318 g/mol. The van der Waals surface area contributed by atoms with Gasteiger partial charge in [0.05, 0.1) is 13.2 Å². The topological polar surface area (TPSA) is 70.7 Å². The molecule has 23 heavy (non-hydrogen) atoms. The molecule has 0 spiro atoms. The van der Waals surface area contributed by atoms with Gasteiger partial charge in [-0.3, -0.25) is 9.59 Å². The van der Waals surface area contributed by atoms with Gasteiger partial charge in [0, 0.05) is 43.3 Å². The number of morpholine rings is 1. The Labute approximate surface area is 142 Å². The van der Waals surface area contributed by atoms with Crippen molar-refractivity contribution in [3.8, 4) is 0 Å². The summed E-state index contributed by atoms with van der Waals surface area (Å²) >= 11 is 0. The highest BCUT2D eigenvalue weighted by Gasteiger charge is 2.22. The van der Waals surface area contributed by atoms with Gasteiger partial charge in [0.25, 0.3) is 0 Å². The highest BCUT2D eigenvalue weighted by molar-refractivity contribution is 5.97. The van der Waals surface area contributed by atoms with Crippen LogP contribution in [0.4, 0.5) is 11.4 Å². The lowest BCUT2D eigenvalue weighted by Crippen LogP contribution is -2.43. The molecule has 2 aliphatic rings. The molecule has 0 aliphatic carbocycles. The summed E-state index contributed by atoms with van der Waals surface area (Å²) < 4.78 is 5.34. The number of hydrogen-bond donors (Lipinski definition) is 2. The van der Waals surface area contributed by atoms with Crippen LogP contribution in [0.3, 0.4) is 0 Å². The minimum atomic E-state index is -0.0482. The second-order valence-corrected chi connectivity index (χ2v) is 5.68. The van der Waals surface area contributed by atoms with Crippen molar-refractivity contribution < 1.29 is 14.3 Å². The van der Waals surface area contributed by atoms with E-state index >= 15 is 0 Å². The molecule has 2 fully saturated rings. The molecular formula is C16H22ClN3O3. The molecule has 1 atom stereocenters. The first-order chi connectivity index (χ1) is 10.7. The van der Waals surface area contributed by atoms with E-state index < -0.39 is 0 Å². The minimum absolute atomic E-state index is 0. The number of benzene rings is 1. The average Bonchev–Trinajstić information content (AvgIpc) is 2.94. The van der Waals surface area contributed by atoms with E-state index in [2.05, 4.69) is 10.6 Å². The zero-order valence-electron chi connectivity index (χ0n) is 12.9. The van der Waals surface area contributed by atoms with Crippen molar-refractivity contribution in [2.45, 2.75) is 25.3 Å². The second-order valence-electron chi connectivity index (χ2n) is 5.68. The maximum atomic E-state index is 12.1. The summed E-state index contributed by atoms with van der Waals surface area (Å²) in [5.74, 6) is 0.0972. The van der Waals surface area contributed by atoms with Crippen molar-refractivity contribution in [1.82, 2.24) is 5.32 Å². The summed E-state index contributed by atoms with van der Waals surface area (Å²) in [5.41, 5.74) is 1.57. The number of hydrogen-bond acceptors (Lipinski definition) is 4. The molecule has 0 radical (unpaired) electrons. The fourth-order valence-electron chi connectivity index (χ4n) is 2.86. The Bertz CT molecular complexity index is 561. The van der Waals surface area contributed by atoms with Crippen molar-refractivity contribution in [2.24, 2.45) is 0 Å². The Hall–Kier alpha value is -1.63. The molecule has 0 bridgehead atoms. The van der Waals surface area contributed by atoms with Gasteiger partial charge in [0.15, 0.2) is 0 Å². The molecule has 2 amide bonds. The number of carbonyl (C=O) groups is 2. The van der Waals surface area contributed by atoms with E-state index in [-0.39, 0.29) is 30.3 Å². The second kappa shape index (κ2) is 8.29. The van der Waals surface area contributed by atoms with Crippen LogP contribution in [0.5, 0.6) is 0 Å². The molecule has 2 heterocycles. The van der Waals surface area contributed by atoms with Gasteiger partial charge in [-0.2, -0.15) is 0 Å². The summed E-state index contributed by atoms with van der Waals surface area (Å²) in [7, 11) is 0. The lowest BCUT2D eigenvalue weighted by atomic mass is 10.2. The zero-order valence-corrected chi connectivity index (χ0v) is 13.7. The summed E-state index contributed by atoms with van der Waals surface area (Å²) in [6, 6.07) is 7.52. The largest absolute Gasteiger partial charge is 0.378 e. The molecule has 2 N–H and O–H groups in total. The number of nitrogens with one attached hydrogen (secondary N) is 2. The first-order valence-corrected chi connectivity index (χ1v) is 7.74. The van der Waals surface area contributed by atoms with Gasteiger partial charge in [0.2, 0.25) is 11.8 Å². The molecule has 2 aliphatic heterocycles. The predicted octanol–water partition coefficient (Wildman–Crippen LogP) is 1.55. The maximum absolute atomic E-state index is 12.1. The van der Waals surface area contributed by atoms with Crippen molar-refractivity contribution in [3.05, 3.63) is 24.3 Å². The first-order valence-electron chi connectivity index (χ1n) is 7.74. The standard InChI is InChI=1S/C16H21N3O3.ClH/c20-15(10-13-11-22-8-6-17-13)18-12-3-1-4-14(9-12)19-7-2-5-16(19)21;/h1,3-4,9,13,17H,2,5-8,10-11H2,(H,18,20);1H. The molecule has 2 saturated heterocycles. The van der Waals surface area contributed by atoms with Crippen molar-refractivity contribution >= 4 is 35.6 Å². The van der Waals surface area contributed by atoms with E-state index in [4.69, 9.17) is 4.74 Å². The van der Waals surface area contributed by atoms with Gasteiger partial charge in [-0.05, 0) is 24.6 Å². The lowest BCUT2D eigenvalue weighted by molar-refractivity contribution is -0.118. The smallest absolute Gasteiger partial charge is 0.227 e. The number of anilines is 2. The van der Waals surface area contributed by atoms with Crippen LogP contribution in [-0.4, -0.2) is 44.2 Å². The van der Waals surface area contributed by atoms with Crippen LogP contribution in [0, 0.1) is 0 Å². The van der Waals surface area contributed by atoms with Gasteiger partial charge in [-0.1, -0.05) is 6.07 Å². The fourth-order valence-corrected chi connectivity index (χ4v) is 2.86. The van der Waals surface area contributed by atoms with Gasteiger partial charge in [-0.15, -0.1) is 12.4 Å². The number of halogens is 1. The molecule has 3 rings (SSSR count). The summed E-state index contributed by atoms with van der Waals surface area (Å²) in [6.07, 6.45) is 1.87. The van der Waals surface area contributed by atoms with Crippen LogP contribution in [0.1, 0.15) is 19.3 Å². The van der Waals surface area contributed by atoms with E-state index in [9.17, 15) is 9.59 Å². The third-order valence-corrected chi connectivity index (χ3v) is 3.95. The summed E-state index contributed by atoms with van der Waals surface area (Å²) in [4.78, 5) is 25.6. The number of carbonyl (C=O) groups excluding carboxylic acids is 2. The van der Waals surface area contributed by atoms with Gasteiger partial charge >= 0.3 is 0 Å². The van der Waals surface area contributed by atoms with E-state index in [0.717, 1.165) is 30.9 Å². The van der Waals surface area contributed by atoms with E-state index in [0.29, 0.717) is 26.1 Å². The number of rotatable bonds is 4. The van der Waals surface area contributed by atoms with Crippen LogP contribution in [0.25, 0.3) is 0 Å². The molecule has 1 aromatic carbocycles. The van der Waals surface area contributed by atoms with Gasteiger partial charge in [-0.25, -0.2) is 0 Å². The van der Waals surface area contributed by atoms with Crippen molar-refractivity contribution in [2.75, 3.05) is 36.5 Å². The van der Waals surface area contributed by atoms with Crippen molar-refractivity contribution in [3.63, 3.8) is 0 Å². The lowest BCUT2D eigenvalue weighted by Gasteiger charge is -2.23. The Kier molecular flexibility index (Phi) is 6.38. The van der Waals surface area contributed by atoms with Crippen LogP contribution in [0.2, 0.25) is 0 Å². The van der Waals surface area contributed by atoms with E-state index in [1.54, 1.807) is 4.90 Å².